The van der Waals surface area contributed by atoms with Gasteiger partial charge in [0.2, 0.25) is 11.8 Å². The van der Waals surface area contributed by atoms with Crippen LogP contribution in [0.15, 0.2) is 47.1 Å². The summed E-state index contributed by atoms with van der Waals surface area (Å²) >= 11 is 0. The van der Waals surface area contributed by atoms with Gasteiger partial charge >= 0.3 is 0 Å². The van der Waals surface area contributed by atoms with Gasteiger partial charge in [0, 0.05) is 26.2 Å². The number of nitrogens with zero attached hydrogens (tertiary/aromatic N) is 2. The molecule has 0 saturated carbocycles. The monoisotopic (exact) mass is 387 g/mol. The number of anilines is 1. The Labute approximate surface area is 162 Å². The van der Waals surface area contributed by atoms with Gasteiger partial charge in [-0.25, -0.2) is 4.39 Å². The molecule has 0 bridgehead atoms. The lowest BCUT2D eigenvalue weighted by atomic mass is 9.89. The number of nitrogens with one attached hydrogen (secondary N) is 1. The number of piperazine rings is 1. The number of para-hydroxylation sites is 1. The maximum atomic E-state index is 13.8. The molecule has 1 fully saturated rings. The molecule has 1 aliphatic heterocycles. The van der Waals surface area contributed by atoms with Gasteiger partial charge in [-0.05, 0) is 38.1 Å². The van der Waals surface area contributed by atoms with Crippen LogP contribution >= 0.6 is 0 Å². The summed E-state index contributed by atoms with van der Waals surface area (Å²) in [5.41, 5.74) is -1.35. The fourth-order valence-electron chi connectivity index (χ4n) is 3.00. The molecular weight excluding hydrogens is 365 g/mol. The second-order valence-corrected chi connectivity index (χ2v) is 7.12. The molecular formula is C20H22FN3O4. The predicted octanol–water partition coefficient (Wildman–Crippen LogP) is 2.37. The molecule has 1 saturated heterocycles. The summed E-state index contributed by atoms with van der Waals surface area (Å²) in [4.78, 5) is 40.9. The van der Waals surface area contributed by atoms with E-state index in [1.54, 1.807) is 28.0 Å². The van der Waals surface area contributed by atoms with Crippen LogP contribution in [0.2, 0.25) is 0 Å². The topological polar surface area (TPSA) is 82.9 Å². The van der Waals surface area contributed by atoms with Crippen LogP contribution in [0.5, 0.6) is 0 Å². The first-order chi connectivity index (χ1) is 13.3. The van der Waals surface area contributed by atoms with Crippen LogP contribution in [0.1, 0.15) is 24.4 Å². The Bertz CT molecular complexity index is 871. The van der Waals surface area contributed by atoms with Gasteiger partial charge in [-0.3, -0.25) is 14.4 Å². The highest BCUT2D eigenvalue weighted by atomic mass is 19.1. The minimum atomic E-state index is -1.38. The molecule has 2 heterocycles. The summed E-state index contributed by atoms with van der Waals surface area (Å²) in [6.45, 7) is 4.31. The summed E-state index contributed by atoms with van der Waals surface area (Å²) in [7, 11) is 0. The quantitative estimate of drug-likeness (QED) is 0.817. The molecule has 2 aromatic rings. The van der Waals surface area contributed by atoms with Crippen LogP contribution in [0.3, 0.4) is 0 Å². The highest BCUT2D eigenvalue weighted by molar-refractivity contribution is 6.10. The Kier molecular flexibility index (Phi) is 5.48. The Morgan fingerprint density at radius 3 is 2.25 bits per heavy atom. The molecule has 1 aromatic carbocycles. The summed E-state index contributed by atoms with van der Waals surface area (Å²) in [5.74, 6) is -1.50. The number of hydrogen-bond acceptors (Lipinski definition) is 4. The van der Waals surface area contributed by atoms with E-state index >= 15 is 0 Å². The largest absolute Gasteiger partial charge is 0.459 e. The number of furan rings is 1. The molecule has 7 nitrogen and oxygen atoms in total. The maximum absolute atomic E-state index is 13.8. The highest BCUT2D eigenvalue weighted by Gasteiger charge is 2.40. The number of benzene rings is 1. The van der Waals surface area contributed by atoms with E-state index in [0.29, 0.717) is 26.2 Å². The fraction of sp³-hybridized carbons (Fsp3) is 0.350. The molecule has 148 valence electrons. The van der Waals surface area contributed by atoms with Crippen molar-refractivity contribution in [3.63, 3.8) is 0 Å². The zero-order valence-corrected chi connectivity index (χ0v) is 15.8. The smallest absolute Gasteiger partial charge is 0.289 e. The maximum Gasteiger partial charge on any atom is 0.289 e. The molecule has 0 spiro atoms. The lowest BCUT2D eigenvalue weighted by Crippen LogP contribution is -2.55. The third-order valence-corrected chi connectivity index (χ3v) is 4.81. The Morgan fingerprint density at radius 2 is 1.64 bits per heavy atom. The molecule has 3 amide bonds. The van der Waals surface area contributed by atoms with Crippen LogP contribution in [0, 0.1) is 11.2 Å². The first-order valence-corrected chi connectivity index (χ1v) is 8.99. The van der Waals surface area contributed by atoms with E-state index < -0.39 is 17.1 Å². The van der Waals surface area contributed by atoms with Crippen molar-refractivity contribution in [3.05, 3.63) is 54.2 Å². The van der Waals surface area contributed by atoms with Crippen LogP contribution in [0.25, 0.3) is 0 Å². The van der Waals surface area contributed by atoms with Crippen molar-refractivity contribution in [2.45, 2.75) is 13.8 Å². The van der Waals surface area contributed by atoms with E-state index in [0.717, 1.165) is 0 Å². The molecule has 0 aliphatic carbocycles. The van der Waals surface area contributed by atoms with Gasteiger partial charge in [-0.2, -0.15) is 0 Å². The van der Waals surface area contributed by atoms with Gasteiger partial charge < -0.3 is 19.5 Å². The number of carbonyl (C=O) groups is 3. The van der Waals surface area contributed by atoms with Crippen molar-refractivity contribution in [1.29, 1.82) is 0 Å². The first kappa shape index (κ1) is 19.6. The Balaban J connectivity index is 1.61. The molecule has 0 unspecified atom stereocenters. The summed E-state index contributed by atoms with van der Waals surface area (Å²) in [6, 6.07) is 9.03. The molecule has 1 aromatic heterocycles. The van der Waals surface area contributed by atoms with E-state index in [1.165, 1.54) is 38.3 Å². The fourth-order valence-corrected chi connectivity index (χ4v) is 3.00. The minimum absolute atomic E-state index is 0.0299. The van der Waals surface area contributed by atoms with Gasteiger partial charge in [0.1, 0.15) is 11.2 Å². The molecule has 28 heavy (non-hydrogen) atoms. The normalized spacial score (nSPS) is 14.7. The number of rotatable bonds is 4. The SMILES string of the molecule is CC(C)(C(=O)Nc1ccccc1F)C(=O)N1CCN(C(=O)c2ccco2)CC1. The zero-order valence-electron chi connectivity index (χ0n) is 15.8. The van der Waals surface area contributed by atoms with Crippen molar-refractivity contribution in [1.82, 2.24) is 9.80 Å². The Morgan fingerprint density at radius 1 is 1.00 bits per heavy atom. The Hall–Kier alpha value is -3.16. The van der Waals surface area contributed by atoms with Crippen molar-refractivity contribution in [2.24, 2.45) is 5.41 Å². The van der Waals surface area contributed by atoms with Crippen LogP contribution in [-0.4, -0.2) is 53.7 Å². The molecule has 1 N–H and O–H groups in total. The summed E-state index contributed by atoms with van der Waals surface area (Å²) < 4.78 is 18.9. The van der Waals surface area contributed by atoms with Gasteiger partial charge in [0.25, 0.3) is 5.91 Å². The van der Waals surface area contributed by atoms with E-state index in [2.05, 4.69) is 5.32 Å². The number of amides is 3. The van der Waals surface area contributed by atoms with E-state index in [1.807, 2.05) is 0 Å². The highest BCUT2D eigenvalue weighted by Crippen LogP contribution is 2.24. The van der Waals surface area contributed by atoms with Crippen molar-refractivity contribution >= 4 is 23.4 Å². The molecule has 0 radical (unpaired) electrons. The zero-order chi connectivity index (χ0) is 20.3. The number of halogens is 1. The van der Waals surface area contributed by atoms with Gasteiger partial charge in [-0.1, -0.05) is 12.1 Å². The predicted molar refractivity (Wildman–Crippen MR) is 100 cm³/mol. The molecule has 0 atom stereocenters. The first-order valence-electron chi connectivity index (χ1n) is 8.99. The third kappa shape index (κ3) is 3.90. The van der Waals surface area contributed by atoms with Gasteiger partial charge in [0.05, 0.1) is 12.0 Å². The van der Waals surface area contributed by atoms with Crippen LogP contribution in [0.4, 0.5) is 10.1 Å². The van der Waals surface area contributed by atoms with E-state index in [9.17, 15) is 18.8 Å². The van der Waals surface area contributed by atoms with E-state index in [4.69, 9.17) is 4.42 Å². The number of carbonyl (C=O) groups excluding carboxylic acids is 3. The van der Waals surface area contributed by atoms with Crippen LogP contribution < -0.4 is 5.32 Å². The second-order valence-electron chi connectivity index (χ2n) is 7.12. The summed E-state index contributed by atoms with van der Waals surface area (Å²) in [5, 5.41) is 2.48. The second kappa shape index (κ2) is 7.84. The summed E-state index contributed by atoms with van der Waals surface area (Å²) in [6.07, 6.45) is 1.43. The lowest BCUT2D eigenvalue weighted by Gasteiger charge is -2.37. The van der Waals surface area contributed by atoms with Crippen molar-refractivity contribution < 1.29 is 23.2 Å². The molecule has 8 heteroatoms. The standard InChI is InChI=1S/C20H22FN3O4/c1-20(2,18(26)22-15-7-4-3-6-14(15)21)19(27)24-11-9-23(10-12-24)17(25)16-8-5-13-28-16/h3-8,13H,9-12H2,1-2H3,(H,22,26). The lowest BCUT2D eigenvalue weighted by molar-refractivity contribution is -0.147. The average molecular weight is 387 g/mol. The van der Waals surface area contributed by atoms with E-state index in [-0.39, 0.29) is 23.3 Å². The number of hydrogen-bond donors (Lipinski definition) is 1. The van der Waals surface area contributed by atoms with Gasteiger partial charge in [-0.15, -0.1) is 0 Å². The molecule has 3 rings (SSSR count). The van der Waals surface area contributed by atoms with Crippen LogP contribution in [-0.2, 0) is 9.59 Å². The minimum Gasteiger partial charge on any atom is -0.459 e. The third-order valence-electron chi connectivity index (χ3n) is 4.81. The van der Waals surface area contributed by atoms with Crippen molar-refractivity contribution in [3.8, 4) is 0 Å². The average Bonchev–Trinajstić information content (AvgIpc) is 3.23. The van der Waals surface area contributed by atoms with Gasteiger partial charge in [0.15, 0.2) is 5.76 Å². The van der Waals surface area contributed by atoms with Crippen molar-refractivity contribution in [2.75, 3.05) is 31.5 Å². The molecule has 1 aliphatic rings.